The third-order valence-corrected chi connectivity index (χ3v) is 4.87. The van der Waals surface area contributed by atoms with Gasteiger partial charge in [0.2, 0.25) is 0 Å². The highest BCUT2D eigenvalue weighted by molar-refractivity contribution is 5.84. The van der Waals surface area contributed by atoms with Gasteiger partial charge >= 0.3 is 12.1 Å². The predicted molar refractivity (Wildman–Crippen MR) is 98.5 cm³/mol. The Morgan fingerprint density at radius 3 is 2.59 bits per heavy atom. The van der Waals surface area contributed by atoms with Crippen molar-refractivity contribution >= 4 is 16.9 Å². The maximum atomic E-state index is 13.6. The van der Waals surface area contributed by atoms with Crippen LogP contribution in [0.2, 0.25) is 0 Å². The number of halogens is 4. The molecule has 1 aromatic carbocycles. The van der Waals surface area contributed by atoms with Gasteiger partial charge in [-0.3, -0.25) is 9.78 Å². The molecule has 1 aromatic heterocycles. The molecule has 0 bridgehead atoms. The van der Waals surface area contributed by atoms with Crippen molar-refractivity contribution in [2.24, 2.45) is 0 Å². The third-order valence-electron chi connectivity index (χ3n) is 4.87. The van der Waals surface area contributed by atoms with Crippen LogP contribution in [-0.4, -0.2) is 34.9 Å². The first-order valence-corrected chi connectivity index (χ1v) is 9.46. The van der Waals surface area contributed by atoms with Gasteiger partial charge in [-0.15, -0.1) is 0 Å². The Kier molecular flexibility index (Phi) is 6.56. The van der Waals surface area contributed by atoms with Gasteiger partial charge in [-0.05, 0) is 49.9 Å². The summed E-state index contributed by atoms with van der Waals surface area (Å²) in [7, 11) is 0. The normalized spacial score (nSPS) is 20.0. The lowest BCUT2D eigenvalue weighted by Gasteiger charge is -2.25. The van der Waals surface area contributed by atoms with E-state index in [1.807, 2.05) is 0 Å². The number of carbonyl (C=O) groups is 1. The molecular formula is C20H22F4N2O3. The summed E-state index contributed by atoms with van der Waals surface area (Å²) in [5, 5.41) is 11.3. The molecule has 158 valence electrons. The average Bonchev–Trinajstić information content (AvgIpc) is 2.65. The lowest BCUT2D eigenvalue weighted by molar-refractivity contribution is -0.137. The molecule has 1 saturated carbocycles. The lowest BCUT2D eigenvalue weighted by atomic mass is 9.96. The fraction of sp³-hybridized carbons (Fsp3) is 0.500. The van der Waals surface area contributed by atoms with Crippen LogP contribution >= 0.6 is 0 Å². The first-order chi connectivity index (χ1) is 13.7. The van der Waals surface area contributed by atoms with Gasteiger partial charge < -0.3 is 15.2 Å². The van der Waals surface area contributed by atoms with Gasteiger partial charge in [-0.25, -0.2) is 4.39 Å². The molecule has 9 heteroatoms. The molecular weight excluding hydrogens is 392 g/mol. The number of aromatic nitrogens is 1. The van der Waals surface area contributed by atoms with E-state index in [0.29, 0.717) is 31.4 Å². The number of benzene rings is 1. The van der Waals surface area contributed by atoms with E-state index in [0.717, 1.165) is 6.07 Å². The van der Waals surface area contributed by atoms with Gasteiger partial charge in [-0.1, -0.05) is 0 Å². The van der Waals surface area contributed by atoms with Crippen molar-refractivity contribution in [2.75, 3.05) is 6.54 Å². The molecule has 0 unspecified atom stereocenters. The van der Waals surface area contributed by atoms with Crippen LogP contribution in [0.4, 0.5) is 17.6 Å². The highest BCUT2D eigenvalue weighted by Crippen LogP contribution is 2.37. The number of pyridine rings is 1. The van der Waals surface area contributed by atoms with Gasteiger partial charge in [0.05, 0.1) is 29.3 Å². The van der Waals surface area contributed by atoms with Crippen LogP contribution in [0.3, 0.4) is 0 Å². The zero-order valence-corrected chi connectivity index (χ0v) is 15.6. The second kappa shape index (κ2) is 8.94. The number of aliphatic carboxylic acids is 1. The van der Waals surface area contributed by atoms with Crippen molar-refractivity contribution in [3.05, 3.63) is 35.5 Å². The summed E-state index contributed by atoms with van der Waals surface area (Å²) >= 11 is 0. The van der Waals surface area contributed by atoms with Crippen molar-refractivity contribution in [3.63, 3.8) is 0 Å². The maximum Gasteiger partial charge on any atom is 0.417 e. The van der Waals surface area contributed by atoms with Gasteiger partial charge in [0.25, 0.3) is 0 Å². The summed E-state index contributed by atoms with van der Waals surface area (Å²) in [5.41, 5.74) is -0.477. The highest BCUT2D eigenvalue weighted by Gasteiger charge is 2.33. The van der Waals surface area contributed by atoms with Crippen molar-refractivity contribution in [3.8, 4) is 5.75 Å². The van der Waals surface area contributed by atoms with Crippen LogP contribution in [0.15, 0.2) is 24.3 Å². The first-order valence-electron chi connectivity index (χ1n) is 9.46. The van der Waals surface area contributed by atoms with E-state index in [1.54, 1.807) is 6.07 Å². The molecule has 3 rings (SSSR count). The molecule has 0 saturated heterocycles. The molecule has 1 fully saturated rings. The maximum absolute atomic E-state index is 13.6. The lowest BCUT2D eigenvalue weighted by Crippen LogP contribution is -2.24. The minimum absolute atomic E-state index is 0.0248. The smallest absolute Gasteiger partial charge is 0.417 e. The monoisotopic (exact) mass is 414 g/mol. The average molecular weight is 414 g/mol. The van der Waals surface area contributed by atoms with Gasteiger partial charge in [0, 0.05) is 18.5 Å². The number of hydrogen-bond acceptors (Lipinski definition) is 4. The van der Waals surface area contributed by atoms with Crippen molar-refractivity contribution < 1.29 is 32.2 Å². The highest BCUT2D eigenvalue weighted by atomic mass is 19.4. The number of nitrogens with one attached hydrogen (secondary N) is 1. The second-order valence-corrected chi connectivity index (χ2v) is 7.15. The Labute approximate surface area is 165 Å². The molecule has 1 aliphatic carbocycles. The molecule has 5 nitrogen and oxygen atoms in total. The number of rotatable bonds is 7. The summed E-state index contributed by atoms with van der Waals surface area (Å²) in [5.74, 6) is -0.688. The van der Waals surface area contributed by atoms with E-state index in [4.69, 9.17) is 9.84 Å². The molecule has 2 N–H and O–H groups in total. The van der Waals surface area contributed by atoms with Gasteiger partial charge in [0.1, 0.15) is 11.9 Å². The quantitative estimate of drug-likeness (QED) is 0.517. The van der Waals surface area contributed by atoms with Crippen LogP contribution < -0.4 is 10.1 Å². The Bertz CT molecular complexity index is 865. The molecule has 0 atom stereocenters. The SMILES string of the molecule is O=C(O)CCNCc1cc(C(F)(F)F)c2cc(OC3CCC(F)CC3)ccc2n1. The Morgan fingerprint density at radius 2 is 1.93 bits per heavy atom. The molecule has 0 spiro atoms. The van der Waals surface area contributed by atoms with Crippen molar-refractivity contribution in [1.82, 2.24) is 10.3 Å². The van der Waals surface area contributed by atoms with Crippen LogP contribution in [0.5, 0.6) is 5.75 Å². The minimum atomic E-state index is -4.58. The summed E-state index contributed by atoms with van der Waals surface area (Å²) in [4.78, 5) is 14.8. The zero-order chi connectivity index (χ0) is 21.0. The third kappa shape index (κ3) is 5.79. The van der Waals surface area contributed by atoms with Crippen molar-refractivity contribution in [2.45, 2.75) is 57.1 Å². The van der Waals surface area contributed by atoms with Crippen LogP contribution in [0.1, 0.15) is 43.4 Å². The number of fused-ring (bicyclic) bond motifs is 1. The Hall–Kier alpha value is -2.42. The second-order valence-electron chi connectivity index (χ2n) is 7.15. The molecule has 0 radical (unpaired) electrons. The van der Waals surface area contributed by atoms with E-state index in [-0.39, 0.29) is 42.2 Å². The fourth-order valence-corrected chi connectivity index (χ4v) is 3.40. The largest absolute Gasteiger partial charge is 0.490 e. The predicted octanol–water partition coefficient (Wildman–Crippen LogP) is 4.48. The van der Waals surface area contributed by atoms with Crippen LogP contribution in [0.25, 0.3) is 10.9 Å². The topological polar surface area (TPSA) is 71.5 Å². The molecule has 2 aromatic rings. The van der Waals surface area contributed by atoms with Gasteiger partial charge in [0.15, 0.2) is 0 Å². The summed E-state index contributed by atoms with van der Waals surface area (Å²) in [6.07, 6.45) is -3.91. The van der Waals surface area contributed by atoms with E-state index >= 15 is 0 Å². The molecule has 1 heterocycles. The number of hydrogen-bond donors (Lipinski definition) is 2. The van der Waals surface area contributed by atoms with Crippen LogP contribution in [-0.2, 0) is 17.5 Å². The summed E-state index contributed by atoms with van der Waals surface area (Å²) < 4.78 is 59.9. The minimum Gasteiger partial charge on any atom is -0.490 e. The number of nitrogens with zero attached hydrogens (tertiary/aromatic N) is 1. The Balaban J connectivity index is 1.82. The Morgan fingerprint density at radius 1 is 1.21 bits per heavy atom. The number of carboxylic acid groups (broad SMARTS) is 1. The van der Waals surface area contributed by atoms with E-state index in [9.17, 15) is 22.4 Å². The molecule has 0 aliphatic heterocycles. The first kappa shape index (κ1) is 21.3. The number of carboxylic acids is 1. The van der Waals surface area contributed by atoms with Crippen LogP contribution in [0, 0.1) is 0 Å². The molecule has 0 amide bonds. The van der Waals surface area contributed by atoms with Gasteiger partial charge in [-0.2, -0.15) is 13.2 Å². The van der Waals surface area contributed by atoms with E-state index in [2.05, 4.69) is 10.3 Å². The standard InChI is InChI=1S/C20H22F4N2O3/c21-12-1-3-14(4-2-12)29-15-5-6-18-16(10-15)17(20(22,23)24)9-13(26-18)11-25-8-7-19(27)28/h5-6,9-10,12,14,25H,1-4,7-8,11H2,(H,27,28). The zero-order valence-electron chi connectivity index (χ0n) is 15.6. The van der Waals surface area contributed by atoms with E-state index in [1.165, 1.54) is 12.1 Å². The molecule has 29 heavy (non-hydrogen) atoms. The number of alkyl halides is 4. The van der Waals surface area contributed by atoms with Crippen molar-refractivity contribution in [1.29, 1.82) is 0 Å². The fourth-order valence-electron chi connectivity index (χ4n) is 3.40. The summed E-state index contributed by atoms with van der Waals surface area (Å²) in [6, 6.07) is 5.34. The number of ether oxygens (including phenoxy) is 1. The summed E-state index contributed by atoms with van der Waals surface area (Å²) in [6.45, 7) is 0.154. The molecule has 1 aliphatic rings. The van der Waals surface area contributed by atoms with E-state index < -0.39 is 23.9 Å².